The van der Waals surface area contributed by atoms with Crippen molar-refractivity contribution in [2.75, 3.05) is 13.6 Å². The van der Waals surface area contributed by atoms with Gasteiger partial charge in [-0.15, -0.1) is 0 Å². The first-order valence-electron chi connectivity index (χ1n) is 4.83. The number of nitrogens with zero attached hydrogens (tertiary/aromatic N) is 1. The fourth-order valence-electron chi connectivity index (χ4n) is 1.96. The lowest BCUT2D eigenvalue weighted by Gasteiger charge is -2.37. The molecular weight excluding hydrogens is 146 g/mol. The predicted molar refractivity (Wildman–Crippen MR) is 54.2 cm³/mol. The molecule has 1 atom stereocenters. The second kappa shape index (κ2) is 3.21. The molecule has 0 fully saturated rings. The van der Waals surface area contributed by atoms with Crippen LogP contribution in [0.3, 0.4) is 0 Å². The molecule has 12 heavy (non-hydrogen) atoms. The Morgan fingerprint density at radius 3 is 2.42 bits per heavy atom. The van der Waals surface area contributed by atoms with Gasteiger partial charge in [0.2, 0.25) is 0 Å². The highest BCUT2D eigenvalue weighted by Crippen LogP contribution is 2.32. The molecule has 0 N–H and O–H groups in total. The van der Waals surface area contributed by atoms with Gasteiger partial charge in [0.15, 0.2) is 0 Å². The fraction of sp³-hybridized carbons (Fsp3) is 0.818. The van der Waals surface area contributed by atoms with E-state index in [1.807, 2.05) is 0 Å². The van der Waals surface area contributed by atoms with Crippen molar-refractivity contribution in [1.29, 1.82) is 0 Å². The molecule has 0 aliphatic carbocycles. The number of rotatable bonds is 0. The molecule has 1 aliphatic rings. The fourth-order valence-corrected chi connectivity index (χ4v) is 1.96. The van der Waals surface area contributed by atoms with Crippen LogP contribution in [0.25, 0.3) is 0 Å². The average Bonchev–Trinajstić information content (AvgIpc) is 1.92. The number of likely N-dealkylation sites (N-methyl/N-ethyl adjacent to an activating group) is 1. The summed E-state index contributed by atoms with van der Waals surface area (Å²) in [7, 11) is 2.21. The van der Waals surface area contributed by atoms with Crippen LogP contribution in [0.15, 0.2) is 11.6 Å². The van der Waals surface area contributed by atoms with E-state index in [9.17, 15) is 0 Å². The summed E-state index contributed by atoms with van der Waals surface area (Å²) in [5.41, 5.74) is 1.94. The van der Waals surface area contributed by atoms with Crippen molar-refractivity contribution in [1.82, 2.24) is 4.90 Å². The molecule has 1 nitrogen and oxygen atoms in total. The topological polar surface area (TPSA) is 3.24 Å². The molecule has 1 aliphatic heterocycles. The predicted octanol–water partition coefficient (Wildman–Crippen LogP) is 2.68. The van der Waals surface area contributed by atoms with Crippen LogP contribution in [-0.4, -0.2) is 24.5 Å². The summed E-state index contributed by atoms with van der Waals surface area (Å²) in [6.07, 6.45) is 3.64. The Kier molecular flexibility index (Phi) is 2.62. The number of hydrogen-bond acceptors (Lipinski definition) is 1. The van der Waals surface area contributed by atoms with Crippen LogP contribution in [-0.2, 0) is 0 Å². The zero-order valence-corrected chi connectivity index (χ0v) is 9.02. The summed E-state index contributed by atoms with van der Waals surface area (Å²) < 4.78 is 0. The van der Waals surface area contributed by atoms with Gasteiger partial charge in [-0.2, -0.15) is 0 Å². The summed E-state index contributed by atoms with van der Waals surface area (Å²) in [5.74, 6) is 0. The first-order chi connectivity index (χ1) is 5.43. The Morgan fingerprint density at radius 1 is 1.42 bits per heavy atom. The number of hydrogen-bond donors (Lipinski definition) is 0. The Morgan fingerprint density at radius 2 is 2.00 bits per heavy atom. The Labute approximate surface area is 76.5 Å². The summed E-state index contributed by atoms with van der Waals surface area (Å²) in [5, 5.41) is 0. The van der Waals surface area contributed by atoms with E-state index in [4.69, 9.17) is 0 Å². The maximum absolute atomic E-state index is 2.43. The van der Waals surface area contributed by atoms with Crippen LogP contribution >= 0.6 is 0 Å². The van der Waals surface area contributed by atoms with E-state index in [0.29, 0.717) is 11.5 Å². The molecule has 0 aromatic heterocycles. The first kappa shape index (κ1) is 9.79. The van der Waals surface area contributed by atoms with Crippen LogP contribution in [0.4, 0.5) is 0 Å². The summed E-state index contributed by atoms with van der Waals surface area (Å²) >= 11 is 0. The molecule has 1 rings (SSSR count). The van der Waals surface area contributed by atoms with Crippen molar-refractivity contribution in [3.63, 3.8) is 0 Å². The van der Waals surface area contributed by atoms with Crippen LogP contribution in [0, 0.1) is 5.41 Å². The van der Waals surface area contributed by atoms with Gasteiger partial charge in [-0.25, -0.2) is 0 Å². The van der Waals surface area contributed by atoms with Crippen molar-refractivity contribution in [2.24, 2.45) is 5.41 Å². The molecule has 0 radical (unpaired) electrons. The van der Waals surface area contributed by atoms with Crippen molar-refractivity contribution in [3.05, 3.63) is 11.6 Å². The van der Waals surface area contributed by atoms with E-state index in [-0.39, 0.29) is 0 Å². The SMILES string of the molecule is C[C@@H]1C(C(C)(C)C)=CCCN1C. The summed E-state index contributed by atoms with van der Waals surface area (Å²) in [6, 6.07) is 0.624. The highest BCUT2D eigenvalue weighted by Gasteiger charge is 2.26. The lowest BCUT2D eigenvalue weighted by Crippen LogP contribution is -2.38. The van der Waals surface area contributed by atoms with Gasteiger partial charge < -0.3 is 0 Å². The lowest BCUT2D eigenvalue weighted by atomic mass is 9.80. The minimum Gasteiger partial charge on any atom is -0.300 e. The van der Waals surface area contributed by atoms with E-state index in [1.165, 1.54) is 13.0 Å². The van der Waals surface area contributed by atoms with Crippen molar-refractivity contribution in [3.8, 4) is 0 Å². The Bertz CT molecular complexity index is 186. The maximum atomic E-state index is 2.43. The van der Waals surface area contributed by atoms with Gasteiger partial charge in [0.1, 0.15) is 0 Å². The van der Waals surface area contributed by atoms with Gasteiger partial charge in [0.05, 0.1) is 0 Å². The average molecular weight is 167 g/mol. The van der Waals surface area contributed by atoms with E-state index >= 15 is 0 Å². The minimum atomic E-state index is 0.341. The summed E-state index contributed by atoms with van der Waals surface area (Å²) in [6.45, 7) is 10.4. The second-order valence-electron chi connectivity index (χ2n) is 4.85. The van der Waals surface area contributed by atoms with E-state index in [0.717, 1.165) is 0 Å². The standard InChI is InChI=1S/C11H21N/c1-9-10(11(2,3)4)7-6-8-12(9)5/h7,9H,6,8H2,1-5H3/t9-/m1/s1. The molecule has 0 aromatic carbocycles. The molecule has 0 amide bonds. The Hall–Kier alpha value is -0.300. The maximum Gasteiger partial charge on any atom is 0.0281 e. The molecule has 1 heteroatoms. The van der Waals surface area contributed by atoms with Gasteiger partial charge >= 0.3 is 0 Å². The Balaban J connectivity index is 2.82. The molecule has 70 valence electrons. The monoisotopic (exact) mass is 167 g/mol. The van der Waals surface area contributed by atoms with Crippen molar-refractivity contribution >= 4 is 0 Å². The van der Waals surface area contributed by atoms with Crippen LogP contribution in [0.2, 0.25) is 0 Å². The second-order valence-corrected chi connectivity index (χ2v) is 4.85. The molecule has 0 unspecified atom stereocenters. The van der Waals surface area contributed by atoms with Crippen molar-refractivity contribution < 1.29 is 0 Å². The smallest absolute Gasteiger partial charge is 0.0281 e. The van der Waals surface area contributed by atoms with E-state index in [1.54, 1.807) is 5.57 Å². The molecule has 0 spiro atoms. The van der Waals surface area contributed by atoms with Crippen LogP contribution in [0.5, 0.6) is 0 Å². The van der Waals surface area contributed by atoms with Gasteiger partial charge in [-0.1, -0.05) is 32.4 Å². The van der Waals surface area contributed by atoms with Gasteiger partial charge in [0, 0.05) is 12.6 Å². The largest absolute Gasteiger partial charge is 0.300 e. The van der Waals surface area contributed by atoms with Crippen LogP contribution < -0.4 is 0 Å². The molecule has 0 aromatic rings. The van der Waals surface area contributed by atoms with Crippen LogP contribution in [0.1, 0.15) is 34.1 Å². The third-order valence-electron chi connectivity index (χ3n) is 2.82. The zero-order chi connectivity index (χ0) is 9.35. The highest BCUT2D eigenvalue weighted by atomic mass is 15.1. The molecule has 1 heterocycles. The van der Waals surface area contributed by atoms with Gasteiger partial charge in [0.25, 0.3) is 0 Å². The third-order valence-corrected chi connectivity index (χ3v) is 2.82. The zero-order valence-electron chi connectivity index (χ0n) is 9.02. The summed E-state index contributed by atoms with van der Waals surface area (Å²) in [4.78, 5) is 2.43. The van der Waals surface area contributed by atoms with E-state index < -0.39 is 0 Å². The van der Waals surface area contributed by atoms with Crippen molar-refractivity contribution in [2.45, 2.75) is 40.2 Å². The highest BCUT2D eigenvalue weighted by molar-refractivity contribution is 5.19. The van der Waals surface area contributed by atoms with E-state index in [2.05, 4.69) is 45.7 Å². The first-order valence-corrected chi connectivity index (χ1v) is 4.83. The third kappa shape index (κ3) is 1.89. The molecule has 0 saturated heterocycles. The quantitative estimate of drug-likeness (QED) is 0.501. The molecule has 0 bridgehead atoms. The normalized spacial score (nSPS) is 27.1. The minimum absolute atomic E-state index is 0.341. The van der Waals surface area contributed by atoms with Gasteiger partial charge in [-0.05, 0) is 25.8 Å². The lowest BCUT2D eigenvalue weighted by molar-refractivity contribution is 0.245. The van der Waals surface area contributed by atoms with Gasteiger partial charge in [-0.3, -0.25) is 4.90 Å². The molecular formula is C11H21N. The molecule has 0 saturated carbocycles.